The van der Waals surface area contributed by atoms with Gasteiger partial charge >= 0.3 is 0 Å². The predicted octanol–water partition coefficient (Wildman–Crippen LogP) is 3.70. The summed E-state index contributed by atoms with van der Waals surface area (Å²) in [4.78, 5) is 12.4. The standard InChI is InChI=1S/C16H13NO3/c1-10-15(13-9-12(18)7-8-14(13)20-10)16(19)17-11-5-3-2-4-6-11/h2-9,18H,1H3,(H,17,19). The van der Waals surface area contributed by atoms with Gasteiger partial charge in [0.25, 0.3) is 5.91 Å². The van der Waals surface area contributed by atoms with E-state index in [0.29, 0.717) is 28.0 Å². The maximum absolute atomic E-state index is 12.4. The molecule has 2 N–H and O–H groups in total. The fourth-order valence-electron chi connectivity index (χ4n) is 2.21. The first kappa shape index (κ1) is 12.3. The van der Waals surface area contributed by atoms with E-state index in [1.54, 1.807) is 13.0 Å². The average molecular weight is 267 g/mol. The van der Waals surface area contributed by atoms with Crippen LogP contribution in [0.3, 0.4) is 0 Å². The molecule has 0 aliphatic carbocycles. The lowest BCUT2D eigenvalue weighted by Gasteiger charge is -2.04. The zero-order valence-electron chi connectivity index (χ0n) is 10.9. The number of carbonyl (C=O) groups excluding carboxylic acids is 1. The van der Waals surface area contributed by atoms with E-state index in [-0.39, 0.29) is 11.7 Å². The summed E-state index contributed by atoms with van der Waals surface area (Å²) in [6, 6.07) is 13.9. The molecule has 0 fully saturated rings. The molecule has 0 aliphatic rings. The van der Waals surface area contributed by atoms with Gasteiger partial charge in [0.15, 0.2) is 0 Å². The molecule has 0 aliphatic heterocycles. The van der Waals surface area contributed by atoms with Crippen molar-refractivity contribution in [1.29, 1.82) is 0 Å². The Labute approximate surface area is 115 Å². The molecule has 0 radical (unpaired) electrons. The summed E-state index contributed by atoms with van der Waals surface area (Å²) in [7, 11) is 0. The molecule has 100 valence electrons. The van der Waals surface area contributed by atoms with Crippen molar-refractivity contribution in [2.24, 2.45) is 0 Å². The van der Waals surface area contributed by atoms with Crippen molar-refractivity contribution in [3.8, 4) is 5.75 Å². The number of furan rings is 1. The zero-order chi connectivity index (χ0) is 14.1. The summed E-state index contributed by atoms with van der Waals surface area (Å²) < 4.78 is 5.54. The van der Waals surface area contributed by atoms with Gasteiger partial charge in [-0.2, -0.15) is 0 Å². The Bertz CT molecular complexity index is 775. The van der Waals surface area contributed by atoms with Gasteiger partial charge in [0.05, 0.1) is 5.56 Å². The van der Waals surface area contributed by atoms with Gasteiger partial charge in [0.2, 0.25) is 0 Å². The van der Waals surface area contributed by atoms with E-state index in [9.17, 15) is 9.90 Å². The molecule has 3 rings (SSSR count). The molecular formula is C16H13NO3. The number of carbonyl (C=O) groups is 1. The third kappa shape index (κ3) is 2.12. The summed E-state index contributed by atoms with van der Waals surface area (Å²) in [5.41, 5.74) is 1.74. The smallest absolute Gasteiger partial charge is 0.259 e. The quantitative estimate of drug-likeness (QED) is 0.744. The number of fused-ring (bicyclic) bond motifs is 1. The number of amides is 1. The molecule has 0 spiro atoms. The van der Waals surface area contributed by atoms with Gasteiger partial charge in [0, 0.05) is 11.1 Å². The molecular weight excluding hydrogens is 254 g/mol. The Hall–Kier alpha value is -2.75. The van der Waals surface area contributed by atoms with Crippen LogP contribution in [-0.2, 0) is 0 Å². The SMILES string of the molecule is Cc1oc2ccc(O)cc2c1C(=O)Nc1ccccc1. The van der Waals surface area contributed by atoms with Crippen LogP contribution in [0.1, 0.15) is 16.1 Å². The second-order valence-electron chi connectivity index (χ2n) is 4.53. The third-order valence-electron chi connectivity index (χ3n) is 3.11. The topological polar surface area (TPSA) is 62.5 Å². The number of phenolic OH excluding ortho intramolecular Hbond substituents is 1. The number of nitrogens with one attached hydrogen (secondary N) is 1. The number of aromatic hydroxyl groups is 1. The first-order valence-electron chi connectivity index (χ1n) is 6.23. The van der Waals surface area contributed by atoms with Crippen LogP contribution in [0, 0.1) is 6.92 Å². The van der Waals surface area contributed by atoms with Crippen LogP contribution in [0.2, 0.25) is 0 Å². The highest BCUT2D eigenvalue weighted by atomic mass is 16.3. The Balaban J connectivity index is 2.03. The molecule has 2 aromatic carbocycles. The summed E-state index contributed by atoms with van der Waals surface area (Å²) in [5, 5.41) is 13.0. The number of hydrogen-bond donors (Lipinski definition) is 2. The van der Waals surface area contributed by atoms with Crippen LogP contribution in [0.4, 0.5) is 5.69 Å². The summed E-state index contributed by atoms with van der Waals surface area (Å²) in [6.45, 7) is 1.73. The molecule has 0 bridgehead atoms. The van der Waals surface area contributed by atoms with Gasteiger partial charge in [-0.3, -0.25) is 4.79 Å². The maximum atomic E-state index is 12.4. The van der Waals surface area contributed by atoms with Crippen LogP contribution in [0.5, 0.6) is 5.75 Å². The first-order chi connectivity index (χ1) is 9.65. The fraction of sp³-hybridized carbons (Fsp3) is 0.0625. The van der Waals surface area contributed by atoms with Gasteiger partial charge < -0.3 is 14.8 Å². The van der Waals surface area contributed by atoms with E-state index in [4.69, 9.17) is 4.42 Å². The summed E-state index contributed by atoms with van der Waals surface area (Å²) in [5.74, 6) is 0.379. The van der Waals surface area contributed by atoms with E-state index in [1.807, 2.05) is 30.3 Å². The molecule has 20 heavy (non-hydrogen) atoms. The second kappa shape index (κ2) is 4.74. The minimum atomic E-state index is -0.252. The number of phenols is 1. The first-order valence-corrected chi connectivity index (χ1v) is 6.23. The van der Waals surface area contributed by atoms with Gasteiger partial charge in [-0.25, -0.2) is 0 Å². The van der Waals surface area contributed by atoms with Crippen molar-refractivity contribution < 1.29 is 14.3 Å². The van der Waals surface area contributed by atoms with Crippen molar-refractivity contribution in [2.45, 2.75) is 6.92 Å². The van der Waals surface area contributed by atoms with Crippen LogP contribution in [0.25, 0.3) is 11.0 Å². The van der Waals surface area contributed by atoms with Crippen molar-refractivity contribution in [1.82, 2.24) is 0 Å². The highest BCUT2D eigenvalue weighted by Crippen LogP contribution is 2.29. The number of para-hydroxylation sites is 1. The highest BCUT2D eigenvalue weighted by molar-refractivity contribution is 6.13. The normalized spacial score (nSPS) is 10.7. The van der Waals surface area contributed by atoms with E-state index in [2.05, 4.69) is 5.32 Å². The molecule has 0 saturated carbocycles. The predicted molar refractivity (Wildman–Crippen MR) is 77.0 cm³/mol. The number of hydrogen-bond acceptors (Lipinski definition) is 3. The number of anilines is 1. The third-order valence-corrected chi connectivity index (χ3v) is 3.11. The molecule has 0 atom stereocenters. The Kier molecular flexibility index (Phi) is 2.91. The Morgan fingerprint density at radius 3 is 2.65 bits per heavy atom. The van der Waals surface area contributed by atoms with Gasteiger partial charge in [0.1, 0.15) is 17.1 Å². The molecule has 0 saturated heterocycles. The fourth-order valence-corrected chi connectivity index (χ4v) is 2.21. The van der Waals surface area contributed by atoms with Crippen LogP contribution < -0.4 is 5.32 Å². The van der Waals surface area contributed by atoms with Crippen molar-refractivity contribution in [2.75, 3.05) is 5.32 Å². The second-order valence-corrected chi connectivity index (χ2v) is 4.53. The minimum absolute atomic E-state index is 0.104. The Morgan fingerprint density at radius 2 is 1.90 bits per heavy atom. The van der Waals surface area contributed by atoms with E-state index < -0.39 is 0 Å². The molecule has 3 aromatic rings. The largest absolute Gasteiger partial charge is 0.508 e. The summed E-state index contributed by atoms with van der Waals surface area (Å²) >= 11 is 0. The molecule has 4 heteroatoms. The molecule has 0 unspecified atom stereocenters. The van der Waals surface area contributed by atoms with Gasteiger partial charge in [-0.1, -0.05) is 18.2 Å². The molecule has 1 aromatic heterocycles. The van der Waals surface area contributed by atoms with Crippen molar-refractivity contribution in [3.63, 3.8) is 0 Å². The van der Waals surface area contributed by atoms with Gasteiger partial charge in [-0.15, -0.1) is 0 Å². The maximum Gasteiger partial charge on any atom is 0.259 e. The van der Waals surface area contributed by atoms with Crippen LogP contribution in [0.15, 0.2) is 52.9 Å². The lowest BCUT2D eigenvalue weighted by molar-refractivity contribution is 0.102. The monoisotopic (exact) mass is 267 g/mol. The van der Waals surface area contributed by atoms with E-state index in [0.717, 1.165) is 0 Å². The molecule has 4 nitrogen and oxygen atoms in total. The number of rotatable bonds is 2. The zero-order valence-corrected chi connectivity index (χ0v) is 10.9. The van der Waals surface area contributed by atoms with Gasteiger partial charge in [-0.05, 0) is 37.3 Å². The lowest BCUT2D eigenvalue weighted by atomic mass is 10.1. The average Bonchev–Trinajstić information content (AvgIpc) is 2.75. The molecule has 1 heterocycles. The van der Waals surface area contributed by atoms with Crippen LogP contribution in [-0.4, -0.2) is 11.0 Å². The van der Waals surface area contributed by atoms with Crippen molar-refractivity contribution in [3.05, 3.63) is 59.9 Å². The highest BCUT2D eigenvalue weighted by Gasteiger charge is 2.18. The lowest BCUT2D eigenvalue weighted by Crippen LogP contribution is -2.12. The number of aryl methyl sites for hydroxylation is 1. The number of benzene rings is 2. The van der Waals surface area contributed by atoms with E-state index in [1.165, 1.54) is 12.1 Å². The van der Waals surface area contributed by atoms with E-state index >= 15 is 0 Å². The minimum Gasteiger partial charge on any atom is -0.508 e. The van der Waals surface area contributed by atoms with Crippen molar-refractivity contribution >= 4 is 22.6 Å². The summed E-state index contributed by atoms with van der Waals surface area (Å²) in [6.07, 6.45) is 0. The molecule has 1 amide bonds. The van der Waals surface area contributed by atoms with Crippen LogP contribution >= 0.6 is 0 Å². The Morgan fingerprint density at radius 1 is 1.15 bits per heavy atom.